The predicted octanol–water partition coefficient (Wildman–Crippen LogP) is 0.879. The third-order valence-corrected chi connectivity index (χ3v) is 3.62. The summed E-state index contributed by atoms with van der Waals surface area (Å²) in [5.41, 5.74) is 0. The lowest BCUT2D eigenvalue weighted by molar-refractivity contribution is -0.140. The van der Waals surface area contributed by atoms with Crippen LogP contribution < -0.4 is 10.6 Å². The first kappa shape index (κ1) is 15.8. The highest BCUT2D eigenvalue weighted by atomic mass is 16.4. The fraction of sp³-hybridized carbons (Fsp3) is 0.846. The molecule has 0 spiro atoms. The summed E-state index contributed by atoms with van der Waals surface area (Å²) in [7, 11) is 0. The number of likely N-dealkylation sites (tertiary alicyclic amines) is 1. The molecule has 6 nitrogen and oxygen atoms in total. The highest BCUT2D eigenvalue weighted by Crippen LogP contribution is 2.15. The highest BCUT2D eigenvalue weighted by Gasteiger charge is 2.25. The summed E-state index contributed by atoms with van der Waals surface area (Å²) in [5, 5.41) is 14.3. The SMILES string of the molecule is CCN1CCCC1CNC(=O)N[C@@H](C(=O)O)C(C)C. The van der Waals surface area contributed by atoms with Gasteiger partial charge in [-0.15, -0.1) is 0 Å². The van der Waals surface area contributed by atoms with E-state index in [0.717, 1.165) is 25.9 Å². The lowest BCUT2D eigenvalue weighted by atomic mass is 10.1. The molecule has 110 valence electrons. The summed E-state index contributed by atoms with van der Waals surface area (Å²) in [4.78, 5) is 25.0. The first-order valence-corrected chi connectivity index (χ1v) is 6.97. The number of likely N-dealkylation sites (N-methyl/N-ethyl adjacent to an activating group) is 1. The van der Waals surface area contributed by atoms with Gasteiger partial charge >= 0.3 is 12.0 Å². The molecule has 3 N–H and O–H groups in total. The number of carbonyl (C=O) groups excluding carboxylic acids is 1. The number of carbonyl (C=O) groups is 2. The molecule has 0 radical (unpaired) electrons. The Morgan fingerprint density at radius 3 is 2.63 bits per heavy atom. The fourth-order valence-corrected chi connectivity index (χ4v) is 2.46. The van der Waals surface area contributed by atoms with Crippen LogP contribution in [0.25, 0.3) is 0 Å². The summed E-state index contributed by atoms with van der Waals surface area (Å²) in [6.07, 6.45) is 2.24. The first-order chi connectivity index (χ1) is 8.95. The van der Waals surface area contributed by atoms with Crippen LogP contribution in [0, 0.1) is 5.92 Å². The zero-order valence-corrected chi connectivity index (χ0v) is 12.0. The van der Waals surface area contributed by atoms with E-state index in [1.807, 2.05) is 0 Å². The first-order valence-electron chi connectivity index (χ1n) is 6.97. The van der Waals surface area contributed by atoms with Gasteiger partial charge in [0.1, 0.15) is 6.04 Å². The standard InChI is InChI=1S/C13H25N3O3/c1-4-16-7-5-6-10(16)8-14-13(19)15-11(9(2)3)12(17)18/h9-11H,4-8H2,1-3H3,(H,17,18)(H2,14,15,19)/t10?,11-/m1/s1. The number of nitrogens with zero attached hydrogens (tertiary/aromatic N) is 1. The minimum Gasteiger partial charge on any atom is -0.480 e. The molecule has 1 aliphatic rings. The molecule has 19 heavy (non-hydrogen) atoms. The Kier molecular flexibility index (Phi) is 6.08. The quantitative estimate of drug-likeness (QED) is 0.670. The maximum atomic E-state index is 11.7. The lowest BCUT2D eigenvalue weighted by Gasteiger charge is -2.24. The van der Waals surface area contributed by atoms with Gasteiger partial charge in [0, 0.05) is 12.6 Å². The molecular weight excluding hydrogens is 246 g/mol. The normalized spacial score (nSPS) is 21.4. The van der Waals surface area contributed by atoms with Crippen molar-refractivity contribution in [3.05, 3.63) is 0 Å². The predicted molar refractivity (Wildman–Crippen MR) is 73.1 cm³/mol. The summed E-state index contributed by atoms with van der Waals surface area (Å²) in [6.45, 7) is 8.29. The van der Waals surface area contributed by atoms with Crippen LogP contribution in [0.4, 0.5) is 4.79 Å². The van der Waals surface area contributed by atoms with Crippen molar-refractivity contribution in [1.82, 2.24) is 15.5 Å². The summed E-state index contributed by atoms with van der Waals surface area (Å²) >= 11 is 0. The number of urea groups is 1. The molecule has 1 rings (SSSR count). The van der Waals surface area contributed by atoms with Gasteiger partial charge in [0.05, 0.1) is 0 Å². The molecule has 2 amide bonds. The Balaban J connectivity index is 2.36. The van der Waals surface area contributed by atoms with Crippen LogP contribution >= 0.6 is 0 Å². The Morgan fingerprint density at radius 2 is 2.11 bits per heavy atom. The molecule has 0 aromatic carbocycles. The maximum Gasteiger partial charge on any atom is 0.326 e. The molecule has 0 saturated carbocycles. The van der Waals surface area contributed by atoms with Crippen molar-refractivity contribution in [3.63, 3.8) is 0 Å². The Hall–Kier alpha value is -1.30. The van der Waals surface area contributed by atoms with Crippen molar-refractivity contribution in [3.8, 4) is 0 Å². The fourth-order valence-electron chi connectivity index (χ4n) is 2.46. The van der Waals surface area contributed by atoms with Crippen LogP contribution in [0.2, 0.25) is 0 Å². The van der Waals surface area contributed by atoms with E-state index in [9.17, 15) is 9.59 Å². The molecule has 0 aromatic heterocycles. The second-order valence-electron chi connectivity index (χ2n) is 5.34. The van der Waals surface area contributed by atoms with Gasteiger partial charge in [-0.05, 0) is 31.8 Å². The third-order valence-electron chi connectivity index (χ3n) is 3.62. The van der Waals surface area contributed by atoms with Crippen molar-refractivity contribution in [2.75, 3.05) is 19.6 Å². The number of nitrogens with one attached hydrogen (secondary N) is 2. The van der Waals surface area contributed by atoms with Gasteiger partial charge < -0.3 is 15.7 Å². The van der Waals surface area contributed by atoms with Gasteiger partial charge in [0.15, 0.2) is 0 Å². The molecule has 1 aliphatic heterocycles. The average Bonchev–Trinajstić information content (AvgIpc) is 2.79. The monoisotopic (exact) mass is 271 g/mol. The molecule has 1 heterocycles. The molecule has 1 unspecified atom stereocenters. The number of amides is 2. The van der Waals surface area contributed by atoms with Crippen LogP contribution in [0.15, 0.2) is 0 Å². The van der Waals surface area contributed by atoms with Gasteiger partial charge in [0.25, 0.3) is 0 Å². The maximum absolute atomic E-state index is 11.7. The van der Waals surface area contributed by atoms with Crippen LogP contribution in [0.1, 0.15) is 33.6 Å². The van der Waals surface area contributed by atoms with Crippen molar-refractivity contribution in [2.45, 2.75) is 45.7 Å². The number of hydrogen-bond donors (Lipinski definition) is 3. The van der Waals surface area contributed by atoms with E-state index in [-0.39, 0.29) is 5.92 Å². The van der Waals surface area contributed by atoms with E-state index < -0.39 is 18.0 Å². The molecule has 6 heteroatoms. The van der Waals surface area contributed by atoms with E-state index in [4.69, 9.17) is 5.11 Å². The number of hydrogen-bond acceptors (Lipinski definition) is 3. The van der Waals surface area contributed by atoms with E-state index in [0.29, 0.717) is 12.6 Å². The van der Waals surface area contributed by atoms with Crippen molar-refractivity contribution in [2.24, 2.45) is 5.92 Å². The molecule has 0 aromatic rings. The smallest absolute Gasteiger partial charge is 0.326 e. The molecule has 1 saturated heterocycles. The lowest BCUT2D eigenvalue weighted by Crippen LogP contribution is -2.50. The largest absolute Gasteiger partial charge is 0.480 e. The molecule has 0 bridgehead atoms. The van der Waals surface area contributed by atoms with E-state index in [2.05, 4.69) is 22.5 Å². The summed E-state index contributed by atoms with van der Waals surface area (Å²) < 4.78 is 0. The minimum absolute atomic E-state index is 0.137. The third kappa shape index (κ3) is 4.70. The second-order valence-corrected chi connectivity index (χ2v) is 5.34. The van der Waals surface area contributed by atoms with Crippen molar-refractivity contribution in [1.29, 1.82) is 0 Å². The highest BCUT2D eigenvalue weighted by molar-refractivity contribution is 5.82. The van der Waals surface area contributed by atoms with Crippen LogP contribution in [0.5, 0.6) is 0 Å². The Bertz CT molecular complexity index is 320. The Morgan fingerprint density at radius 1 is 1.42 bits per heavy atom. The Labute approximate surface area is 114 Å². The number of aliphatic carboxylic acids is 1. The zero-order valence-electron chi connectivity index (χ0n) is 12.0. The molecule has 1 fully saturated rings. The van der Waals surface area contributed by atoms with Gasteiger partial charge in [-0.2, -0.15) is 0 Å². The molecule has 2 atom stereocenters. The van der Waals surface area contributed by atoms with Gasteiger partial charge in [-0.25, -0.2) is 9.59 Å². The van der Waals surface area contributed by atoms with E-state index >= 15 is 0 Å². The second kappa shape index (κ2) is 7.33. The van der Waals surface area contributed by atoms with Gasteiger partial charge in [-0.1, -0.05) is 20.8 Å². The number of carboxylic acids is 1. The van der Waals surface area contributed by atoms with Crippen molar-refractivity contribution < 1.29 is 14.7 Å². The topological polar surface area (TPSA) is 81.7 Å². The van der Waals surface area contributed by atoms with Gasteiger partial charge in [0.2, 0.25) is 0 Å². The molecular formula is C13H25N3O3. The van der Waals surface area contributed by atoms with Crippen LogP contribution in [-0.4, -0.2) is 53.7 Å². The summed E-state index contributed by atoms with van der Waals surface area (Å²) in [5.74, 6) is -1.14. The van der Waals surface area contributed by atoms with E-state index in [1.54, 1.807) is 13.8 Å². The molecule has 0 aliphatic carbocycles. The number of rotatable bonds is 6. The average molecular weight is 271 g/mol. The van der Waals surface area contributed by atoms with Crippen LogP contribution in [0.3, 0.4) is 0 Å². The van der Waals surface area contributed by atoms with Crippen LogP contribution in [-0.2, 0) is 4.79 Å². The van der Waals surface area contributed by atoms with Gasteiger partial charge in [-0.3, -0.25) is 4.90 Å². The van der Waals surface area contributed by atoms with E-state index in [1.165, 1.54) is 0 Å². The van der Waals surface area contributed by atoms with Crippen molar-refractivity contribution >= 4 is 12.0 Å². The number of carboxylic acid groups (broad SMARTS) is 1. The minimum atomic E-state index is -0.999. The summed E-state index contributed by atoms with van der Waals surface area (Å²) in [6, 6.07) is -0.868. The zero-order chi connectivity index (χ0) is 14.4.